The normalized spacial score (nSPS) is 10.5. The first-order valence-corrected chi connectivity index (χ1v) is 5.70. The number of aryl methyl sites for hydroxylation is 1. The first-order valence-electron chi connectivity index (χ1n) is 4.79. The van der Waals surface area contributed by atoms with Crippen LogP contribution < -0.4 is 5.32 Å². The molecule has 0 fully saturated rings. The van der Waals surface area contributed by atoms with Gasteiger partial charge in [-0.2, -0.15) is 0 Å². The Balaban J connectivity index is 2.13. The third-order valence-electron chi connectivity index (χ3n) is 1.89. The summed E-state index contributed by atoms with van der Waals surface area (Å²) >= 11 is 11.2. The Bertz CT molecular complexity index is 498. The predicted octanol–water partition coefficient (Wildman–Crippen LogP) is 3.39. The van der Waals surface area contributed by atoms with Crippen LogP contribution in [0.3, 0.4) is 0 Å². The average molecular weight is 276 g/mol. The number of aromatic nitrogens is 2. The lowest BCUT2D eigenvalue weighted by atomic mass is 10.3. The summed E-state index contributed by atoms with van der Waals surface area (Å²) < 4.78 is 18.3. The molecule has 4 nitrogen and oxygen atoms in total. The van der Waals surface area contributed by atoms with Crippen molar-refractivity contribution in [2.24, 2.45) is 0 Å². The minimum atomic E-state index is -0.444. The van der Waals surface area contributed by atoms with Crippen LogP contribution in [0, 0.1) is 5.82 Å². The van der Waals surface area contributed by atoms with Crippen molar-refractivity contribution in [3.05, 3.63) is 34.9 Å². The molecule has 90 valence electrons. The van der Waals surface area contributed by atoms with Gasteiger partial charge < -0.3 is 9.73 Å². The zero-order valence-electron chi connectivity index (χ0n) is 8.58. The zero-order valence-corrected chi connectivity index (χ0v) is 10.1. The Labute approximate surface area is 107 Å². The summed E-state index contributed by atoms with van der Waals surface area (Å²) in [5.74, 6) is 0.374. The molecule has 0 bridgehead atoms. The van der Waals surface area contributed by atoms with Gasteiger partial charge in [-0.3, -0.25) is 0 Å². The molecule has 0 aliphatic heterocycles. The van der Waals surface area contributed by atoms with Gasteiger partial charge in [0, 0.05) is 23.0 Å². The maximum absolute atomic E-state index is 13.0. The molecule has 1 aromatic heterocycles. The summed E-state index contributed by atoms with van der Waals surface area (Å²) in [4.78, 5) is 0. The topological polar surface area (TPSA) is 51.0 Å². The van der Waals surface area contributed by atoms with Gasteiger partial charge in [-0.05, 0) is 18.2 Å². The number of nitrogens with zero attached hydrogens (tertiary/aromatic N) is 2. The minimum Gasteiger partial charge on any atom is -0.408 e. The van der Waals surface area contributed by atoms with Crippen LogP contribution in [0.4, 0.5) is 16.1 Å². The highest BCUT2D eigenvalue weighted by molar-refractivity contribution is 6.30. The number of anilines is 2. The first-order chi connectivity index (χ1) is 8.17. The van der Waals surface area contributed by atoms with Crippen LogP contribution in [0.2, 0.25) is 5.02 Å². The third kappa shape index (κ3) is 3.31. The Kier molecular flexibility index (Phi) is 3.81. The fraction of sp³-hybridized carbons (Fsp3) is 0.200. The number of halogens is 3. The van der Waals surface area contributed by atoms with E-state index in [2.05, 4.69) is 15.5 Å². The van der Waals surface area contributed by atoms with Crippen LogP contribution in [-0.2, 0) is 6.42 Å². The van der Waals surface area contributed by atoms with Gasteiger partial charge in [-0.15, -0.1) is 16.7 Å². The lowest BCUT2D eigenvalue weighted by molar-refractivity contribution is 0.516. The van der Waals surface area contributed by atoms with Crippen molar-refractivity contribution < 1.29 is 8.81 Å². The Morgan fingerprint density at radius 3 is 2.82 bits per heavy atom. The Morgan fingerprint density at radius 2 is 2.12 bits per heavy atom. The number of nitrogens with one attached hydrogen (secondary N) is 1. The van der Waals surface area contributed by atoms with Crippen LogP contribution >= 0.6 is 23.2 Å². The second-order valence-corrected chi connectivity index (χ2v) is 4.04. The zero-order chi connectivity index (χ0) is 12.3. The van der Waals surface area contributed by atoms with Crippen molar-refractivity contribution in [1.82, 2.24) is 10.2 Å². The molecule has 0 aliphatic carbocycles. The van der Waals surface area contributed by atoms with E-state index in [0.717, 1.165) is 0 Å². The monoisotopic (exact) mass is 275 g/mol. The van der Waals surface area contributed by atoms with Crippen LogP contribution in [0.15, 0.2) is 22.6 Å². The summed E-state index contributed by atoms with van der Waals surface area (Å²) in [6, 6.07) is 4.21. The van der Waals surface area contributed by atoms with Crippen molar-refractivity contribution in [2.45, 2.75) is 6.42 Å². The maximum atomic E-state index is 13.0. The molecular formula is C10H8Cl2FN3O. The molecule has 0 radical (unpaired) electrons. The fourth-order valence-corrected chi connectivity index (χ4v) is 1.62. The molecule has 0 atom stereocenters. The largest absolute Gasteiger partial charge is 0.408 e. The molecule has 0 amide bonds. The SMILES string of the molecule is Fc1cc(Cl)cc(Nc2nnc(CCCl)o2)c1. The molecule has 1 N–H and O–H groups in total. The van der Waals surface area contributed by atoms with E-state index < -0.39 is 5.82 Å². The van der Waals surface area contributed by atoms with E-state index >= 15 is 0 Å². The van der Waals surface area contributed by atoms with Crippen molar-refractivity contribution >= 4 is 34.9 Å². The van der Waals surface area contributed by atoms with E-state index in [1.54, 1.807) is 6.07 Å². The van der Waals surface area contributed by atoms with Gasteiger partial charge >= 0.3 is 6.01 Å². The fourth-order valence-electron chi connectivity index (χ4n) is 1.24. The molecule has 0 unspecified atom stereocenters. The molecule has 0 aliphatic rings. The molecule has 7 heteroatoms. The van der Waals surface area contributed by atoms with Crippen molar-refractivity contribution in [2.75, 3.05) is 11.2 Å². The van der Waals surface area contributed by atoms with Gasteiger partial charge in [-0.25, -0.2) is 4.39 Å². The van der Waals surface area contributed by atoms with E-state index in [1.165, 1.54) is 12.1 Å². The second kappa shape index (κ2) is 5.33. The van der Waals surface area contributed by atoms with Crippen molar-refractivity contribution in [1.29, 1.82) is 0 Å². The lowest BCUT2D eigenvalue weighted by Gasteiger charge is -2.01. The van der Waals surface area contributed by atoms with Crippen molar-refractivity contribution in [3.8, 4) is 0 Å². The number of benzene rings is 1. The molecule has 0 saturated heterocycles. The summed E-state index contributed by atoms with van der Waals surface area (Å²) in [7, 11) is 0. The van der Waals surface area contributed by atoms with Crippen LogP contribution in [-0.4, -0.2) is 16.1 Å². The highest BCUT2D eigenvalue weighted by Gasteiger charge is 2.06. The van der Waals surface area contributed by atoms with Crippen LogP contribution in [0.5, 0.6) is 0 Å². The first kappa shape index (κ1) is 12.1. The molecule has 2 rings (SSSR count). The number of rotatable bonds is 4. The summed E-state index contributed by atoms with van der Waals surface area (Å²) in [6.45, 7) is 0. The maximum Gasteiger partial charge on any atom is 0.320 e. The lowest BCUT2D eigenvalue weighted by Crippen LogP contribution is -1.91. The van der Waals surface area contributed by atoms with Gasteiger partial charge in [-0.1, -0.05) is 16.7 Å². The van der Waals surface area contributed by atoms with Gasteiger partial charge in [0.25, 0.3) is 0 Å². The highest BCUT2D eigenvalue weighted by atomic mass is 35.5. The number of hydrogen-bond acceptors (Lipinski definition) is 4. The van der Waals surface area contributed by atoms with Crippen LogP contribution in [0.25, 0.3) is 0 Å². The van der Waals surface area contributed by atoms with E-state index in [4.69, 9.17) is 27.6 Å². The van der Waals surface area contributed by atoms with E-state index in [9.17, 15) is 4.39 Å². The van der Waals surface area contributed by atoms with E-state index in [-0.39, 0.29) is 11.0 Å². The van der Waals surface area contributed by atoms with Gasteiger partial charge in [0.05, 0.1) is 0 Å². The molecule has 1 aromatic carbocycles. The summed E-state index contributed by atoms with van der Waals surface area (Å²) in [5.41, 5.74) is 0.441. The predicted molar refractivity (Wildman–Crippen MR) is 63.4 cm³/mol. The van der Waals surface area contributed by atoms with Crippen molar-refractivity contribution in [3.63, 3.8) is 0 Å². The number of alkyl halides is 1. The second-order valence-electron chi connectivity index (χ2n) is 3.22. The summed E-state index contributed by atoms with van der Waals surface area (Å²) in [6.07, 6.45) is 0.486. The Hall–Kier alpha value is -1.33. The van der Waals surface area contributed by atoms with Gasteiger partial charge in [0.2, 0.25) is 5.89 Å². The molecular weight excluding hydrogens is 268 g/mol. The molecule has 1 heterocycles. The van der Waals surface area contributed by atoms with E-state index in [0.29, 0.717) is 23.9 Å². The molecule has 0 saturated carbocycles. The Morgan fingerprint density at radius 1 is 1.29 bits per heavy atom. The quantitative estimate of drug-likeness (QED) is 0.869. The molecule has 0 spiro atoms. The van der Waals surface area contributed by atoms with Gasteiger partial charge in [0.1, 0.15) is 5.82 Å². The van der Waals surface area contributed by atoms with Gasteiger partial charge in [0.15, 0.2) is 0 Å². The summed E-state index contributed by atoms with van der Waals surface area (Å²) in [5, 5.41) is 10.5. The standard InChI is InChI=1S/C10H8Cl2FN3O/c11-2-1-9-15-16-10(17-9)14-8-4-6(12)3-7(13)5-8/h3-5H,1-2H2,(H,14,16). The third-order valence-corrected chi connectivity index (χ3v) is 2.30. The highest BCUT2D eigenvalue weighted by Crippen LogP contribution is 2.21. The van der Waals surface area contributed by atoms with E-state index in [1.807, 2.05) is 0 Å². The van der Waals surface area contributed by atoms with Crippen LogP contribution in [0.1, 0.15) is 5.89 Å². The minimum absolute atomic E-state index is 0.173. The smallest absolute Gasteiger partial charge is 0.320 e. The number of hydrogen-bond donors (Lipinski definition) is 1. The molecule has 2 aromatic rings. The average Bonchev–Trinajstić information content (AvgIpc) is 2.64. The molecule has 17 heavy (non-hydrogen) atoms.